The third kappa shape index (κ3) is 3.76. The number of nitrogens with one attached hydrogen (secondary N) is 2. The Morgan fingerprint density at radius 3 is 2.67 bits per heavy atom. The van der Waals surface area contributed by atoms with Gasteiger partial charge < -0.3 is 16.4 Å². The van der Waals surface area contributed by atoms with Gasteiger partial charge in [0.25, 0.3) is 5.91 Å². The molecule has 0 bridgehead atoms. The number of thiophene rings is 1. The molecule has 21 heavy (non-hydrogen) atoms. The number of amides is 1. The van der Waals surface area contributed by atoms with Crippen molar-refractivity contribution in [3.8, 4) is 0 Å². The van der Waals surface area contributed by atoms with E-state index in [2.05, 4.69) is 36.6 Å². The van der Waals surface area contributed by atoms with Crippen molar-refractivity contribution in [1.29, 1.82) is 0 Å². The van der Waals surface area contributed by atoms with Crippen LogP contribution in [0, 0.1) is 6.92 Å². The molecule has 1 heterocycles. The zero-order valence-corrected chi connectivity index (χ0v) is 13.4. The first kappa shape index (κ1) is 15.4. The number of benzene rings is 1. The predicted molar refractivity (Wildman–Crippen MR) is 90.0 cm³/mol. The Labute approximate surface area is 129 Å². The van der Waals surface area contributed by atoms with E-state index in [-0.39, 0.29) is 11.9 Å². The molecule has 2 aromatic rings. The van der Waals surface area contributed by atoms with Crippen LogP contribution in [0.2, 0.25) is 0 Å². The maximum absolute atomic E-state index is 11.8. The van der Waals surface area contributed by atoms with Gasteiger partial charge in [-0.15, -0.1) is 11.3 Å². The number of aryl methyl sites for hydroxylation is 1. The summed E-state index contributed by atoms with van der Waals surface area (Å²) >= 11 is 1.77. The molecule has 0 fully saturated rings. The van der Waals surface area contributed by atoms with E-state index in [0.29, 0.717) is 17.8 Å². The van der Waals surface area contributed by atoms with Crippen LogP contribution in [0.3, 0.4) is 0 Å². The average Bonchev–Trinajstić information content (AvgIpc) is 2.88. The van der Waals surface area contributed by atoms with Gasteiger partial charge in [0.1, 0.15) is 0 Å². The fourth-order valence-corrected chi connectivity index (χ4v) is 2.97. The van der Waals surface area contributed by atoms with Crippen molar-refractivity contribution in [3.63, 3.8) is 0 Å². The molecule has 0 saturated heterocycles. The van der Waals surface area contributed by atoms with Gasteiger partial charge in [0.15, 0.2) is 0 Å². The Morgan fingerprint density at radius 2 is 2.10 bits per heavy atom. The van der Waals surface area contributed by atoms with Crippen LogP contribution in [0.5, 0.6) is 0 Å². The van der Waals surface area contributed by atoms with Gasteiger partial charge in [-0.05, 0) is 51.1 Å². The summed E-state index contributed by atoms with van der Waals surface area (Å²) in [6, 6.07) is 9.77. The number of rotatable bonds is 5. The molecule has 0 aliphatic carbocycles. The van der Waals surface area contributed by atoms with Crippen LogP contribution in [0.1, 0.15) is 40.0 Å². The molecular formula is C16H21N3OS. The first-order valence-electron chi connectivity index (χ1n) is 7.02. The number of hydrogen-bond acceptors (Lipinski definition) is 4. The van der Waals surface area contributed by atoms with E-state index in [9.17, 15) is 4.79 Å². The minimum atomic E-state index is -0.0994. The fraction of sp³-hybridized carbons (Fsp3) is 0.312. The molecule has 5 heteroatoms. The first-order chi connectivity index (χ1) is 10.0. The molecule has 1 atom stereocenters. The van der Waals surface area contributed by atoms with Gasteiger partial charge >= 0.3 is 0 Å². The second-order valence-corrected chi connectivity index (χ2v) is 6.30. The zero-order chi connectivity index (χ0) is 15.4. The van der Waals surface area contributed by atoms with E-state index in [1.165, 1.54) is 9.75 Å². The number of nitrogens with two attached hydrogens (primary N) is 1. The van der Waals surface area contributed by atoms with Crippen molar-refractivity contribution in [3.05, 3.63) is 45.6 Å². The second kappa shape index (κ2) is 6.63. The summed E-state index contributed by atoms with van der Waals surface area (Å²) in [6.45, 7) is 6.69. The summed E-state index contributed by atoms with van der Waals surface area (Å²) in [5, 5.41) is 6.16. The van der Waals surface area contributed by atoms with E-state index in [0.717, 1.165) is 5.69 Å². The molecule has 1 aromatic carbocycles. The SMILES string of the molecule is CCNC(=O)c1ccc(NC(C)c2ccc(C)s2)c(N)c1. The summed E-state index contributed by atoms with van der Waals surface area (Å²) < 4.78 is 0. The highest BCUT2D eigenvalue weighted by Crippen LogP contribution is 2.28. The molecule has 0 radical (unpaired) electrons. The zero-order valence-electron chi connectivity index (χ0n) is 12.6. The van der Waals surface area contributed by atoms with Crippen molar-refractivity contribution in [2.45, 2.75) is 26.8 Å². The molecule has 0 aliphatic rings. The van der Waals surface area contributed by atoms with E-state index in [1.807, 2.05) is 13.0 Å². The van der Waals surface area contributed by atoms with Gasteiger partial charge in [0.2, 0.25) is 0 Å². The molecule has 4 N–H and O–H groups in total. The second-order valence-electron chi connectivity index (χ2n) is 4.98. The normalized spacial score (nSPS) is 12.0. The van der Waals surface area contributed by atoms with Crippen LogP contribution >= 0.6 is 11.3 Å². The molecular weight excluding hydrogens is 282 g/mol. The van der Waals surface area contributed by atoms with Crippen LogP contribution in [0.15, 0.2) is 30.3 Å². The third-order valence-electron chi connectivity index (χ3n) is 3.21. The number of anilines is 2. The quantitative estimate of drug-likeness (QED) is 0.740. The minimum Gasteiger partial charge on any atom is -0.397 e. The van der Waals surface area contributed by atoms with E-state index < -0.39 is 0 Å². The van der Waals surface area contributed by atoms with Crippen LogP contribution in [0.4, 0.5) is 11.4 Å². The largest absolute Gasteiger partial charge is 0.397 e. The van der Waals surface area contributed by atoms with Crippen molar-refractivity contribution in [1.82, 2.24) is 5.32 Å². The summed E-state index contributed by atoms with van der Waals surface area (Å²) in [6.07, 6.45) is 0. The number of nitrogen functional groups attached to an aromatic ring is 1. The summed E-state index contributed by atoms with van der Waals surface area (Å²) in [5.74, 6) is -0.0994. The number of carbonyl (C=O) groups is 1. The van der Waals surface area contributed by atoms with Crippen molar-refractivity contribution >= 4 is 28.6 Å². The smallest absolute Gasteiger partial charge is 0.251 e. The molecule has 2 rings (SSSR count). The maximum atomic E-state index is 11.8. The van der Waals surface area contributed by atoms with Gasteiger partial charge in [-0.2, -0.15) is 0 Å². The van der Waals surface area contributed by atoms with E-state index >= 15 is 0 Å². The standard InChI is InChI=1S/C16H21N3OS/c1-4-18-16(20)12-6-7-14(13(17)9-12)19-11(3)15-8-5-10(2)21-15/h5-9,11,19H,4,17H2,1-3H3,(H,18,20). The van der Waals surface area contributed by atoms with Gasteiger partial charge in [0.05, 0.1) is 17.4 Å². The van der Waals surface area contributed by atoms with Gasteiger partial charge in [-0.25, -0.2) is 0 Å². The van der Waals surface area contributed by atoms with Crippen LogP contribution < -0.4 is 16.4 Å². The summed E-state index contributed by atoms with van der Waals surface area (Å²) in [5.41, 5.74) is 8.06. The Hall–Kier alpha value is -2.01. The topological polar surface area (TPSA) is 67.2 Å². The van der Waals surface area contributed by atoms with Crippen molar-refractivity contribution in [2.24, 2.45) is 0 Å². The minimum absolute atomic E-state index is 0.0994. The highest BCUT2D eigenvalue weighted by Gasteiger charge is 2.11. The molecule has 4 nitrogen and oxygen atoms in total. The Balaban J connectivity index is 2.12. The highest BCUT2D eigenvalue weighted by atomic mass is 32.1. The fourth-order valence-electron chi connectivity index (χ4n) is 2.09. The summed E-state index contributed by atoms with van der Waals surface area (Å²) in [7, 11) is 0. The lowest BCUT2D eigenvalue weighted by Crippen LogP contribution is -2.22. The predicted octanol–water partition coefficient (Wildman–Crippen LogP) is 3.56. The Bertz CT molecular complexity index is 636. The van der Waals surface area contributed by atoms with E-state index in [1.54, 1.807) is 23.5 Å². The maximum Gasteiger partial charge on any atom is 0.251 e. The third-order valence-corrected chi connectivity index (χ3v) is 4.39. The monoisotopic (exact) mass is 303 g/mol. The van der Waals surface area contributed by atoms with Gasteiger partial charge in [-0.3, -0.25) is 4.79 Å². The molecule has 0 spiro atoms. The van der Waals surface area contributed by atoms with Crippen LogP contribution in [-0.2, 0) is 0 Å². The van der Waals surface area contributed by atoms with Crippen LogP contribution in [0.25, 0.3) is 0 Å². The molecule has 0 saturated carbocycles. The number of hydrogen-bond donors (Lipinski definition) is 3. The number of carbonyl (C=O) groups excluding carboxylic acids is 1. The lowest BCUT2D eigenvalue weighted by Gasteiger charge is -2.16. The van der Waals surface area contributed by atoms with E-state index in [4.69, 9.17) is 5.73 Å². The molecule has 112 valence electrons. The van der Waals surface area contributed by atoms with Crippen molar-refractivity contribution in [2.75, 3.05) is 17.6 Å². The van der Waals surface area contributed by atoms with Crippen LogP contribution in [-0.4, -0.2) is 12.5 Å². The molecule has 1 amide bonds. The first-order valence-corrected chi connectivity index (χ1v) is 7.83. The lowest BCUT2D eigenvalue weighted by atomic mass is 10.1. The Kier molecular flexibility index (Phi) is 4.85. The summed E-state index contributed by atoms with van der Waals surface area (Å²) in [4.78, 5) is 14.3. The molecule has 1 aromatic heterocycles. The van der Waals surface area contributed by atoms with Gasteiger partial charge in [0, 0.05) is 21.9 Å². The molecule has 1 unspecified atom stereocenters. The van der Waals surface area contributed by atoms with Gasteiger partial charge in [-0.1, -0.05) is 0 Å². The van der Waals surface area contributed by atoms with Crippen molar-refractivity contribution < 1.29 is 4.79 Å². The highest BCUT2D eigenvalue weighted by molar-refractivity contribution is 7.12. The molecule has 0 aliphatic heterocycles. The lowest BCUT2D eigenvalue weighted by molar-refractivity contribution is 0.0956. The Morgan fingerprint density at radius 1 is 1.33 bits per heavy atom. The average molecular weight is 303 g/mol.